The highest BCUT2D eigenvalue weighted by Gasteiger charge is 2.14. The third kappa shape index (κ3) is 2.76. The fourth-order valence-corrected chi connectivity index (χ4v) is 1.60. The van der Waals surface area contributed by atoms with Crippen LogP contribution in [0, 0.1) is 24.4 Å². The molecule has 0 saturated heterocycles. The molecule has 0 heterocycles. The fourth-order valence-electron chi connectivity index (χ4n) is 1.60. The summed E-state index contributed by atoms with van der Waals surface area (Å²) in [7, 11) is 0. The van der Waals surface area contributed by atoms with Crippen LogP contribution in [-0.4, -0.2) is 5.91 Å². The van der Waals surface area contributed by atoms with E-state index >= 15 is 0 Å². The molecule has 0 unspecified atom stereocenters. The monoisotopic (exact) mass is 265 g/mol. The van der Waals surface area contributed by atoms with Crippen molar-refractivity contribution < 1.29 is 18.0 Å². The molecule has 2 rings (SSSR count). The molecule has 5 heteroatoms. The van der Waals surface area contributed by atoms with Crippen LogP contribution in [0.5, 0.6) is 0 Å². The molecule has 98 valence electrons. The number of amides is 1. The summed E-state index contributed by atoms with van der Waals surface area (Å²) in [5, 5.41) is 2.35. The van der Waals surface area contributed by atoms with Crippen LogP contribution in [-0.2, 0) is 0 Å². The van der Waals surface area contributed by atoms with Crippen molar-refractivity contribution in [2.24, 2.45) is 0 Å². The van der Waals surface area contributed by atoms with Crippen LogP contribution in [0.4, 0.5) is 18.9 Å². The van der Waals surface area contributed by atoms with E-state index in [9.17, 15) is 18.0 Å². The van der Waals surface area contributed by atoms with E-state index in [1.54, 1.807) is 0 Å². The Morgan fingerprint density at radius 1 is 1.05 bits per heavy atom. The fraction of sp³-hybridized carbons (Fsp3) is 0.0714. The van der Waals surface area contributed by atoms with Gasteiger partial charge in [0.2, 0.25) is 0 Å². The molecule has 0 saturated carbocycles. The minimum Gasteiger partial charge on any atom is -0.322 e. The second-order valence-electron chi connectivity index (χ2n) is 3.99. The van der Waals surface area contributed by atoms with Crippen molar-refractivity contribution in [1.82, 2.24) is 0 Å². The Bertz CT molecular complexity index is 641. The van der Waals surface area contributed by atoms with Crippen LogP contribution >= 0.6 is 0 Å². The van der Waals surface area contributed by atoms with Crippen molar-refractivity contribution in [1.29, 1.82) is 0 Å². The molecule has 2 aromatic carbocycles. The lowest BCUT2D eigenvalue weighted by Crippen LogP contribution is -2.15. The number of benzene rings is 2. The van der Waals surface area contributed by atoms with Gasteiger partial charge in [-0.15, -0.1) is 0 Å². The van der Waals surface area contributed by atoms with Gasteiger partial charge in [-0.1, -0.05) is 6.07 Å². The van der Waals surface area contributed by atoms with Gasteiger partial charge in [-0.3, -0.25) is 4.79 Å². The van der Waals surface area contributed by atoms with E-state index in [0.29, 0.717) is 0 Å². The van der Waals surface area contributed by atoms with Crippen LogP contribution in [0.15, 0.2) is 36.4 Å². The topological polar surface area (TPSA) is 29.1 Å². The second-order valence-corrected chi connectivity index (χ2v) is 3.99. The predicted octanol–water partition coefficient (Wildman–Crippen LogP) is 3.66. The highest BCUT2D eigenvalue weighted by molar-refractivity contribution is 6.04. The van der Waals surface area contributed by atoms with Gasteiger partial charge in [0.25, 0.3) is 5.91 Å². The van der Waals surface area contributed by atoms with Crippen molar-refractivity contribution >= 4 is 11.6 Å². The van der Waals surface area contributed by atoms with Gasteiger partial charge in [0, 0.05) is 11.3 Å². The summed E-state index contributed by atoms with van der Waals surface area (Å²) in [5.41, 5.74) is 0.0185. The van der Waals surface area contributed by atoms with Crippen molar-refractivity contribution in [3.8, 4) is 0 Å². The molecule has 0 radical (unpaired) electrons. The second kappa shape index (κ2) is 5.14. The van der Waals surface area contributed by atoms with Gasteiger partial charge in [0.1, 0.15) is 17.5 Å². The van der Waals surface area contributed by atoms with Crippen LogP contribution < -0.4 is 5.32 Å². The quantitative estimate of drug-likeness (QED) is 0.882. The number of rotatable bonds is 2. The van der Waals surface area contributed by atoms with E-state index < -0.39 is 28.9 Å². The van der Waals surface area contributed by atoms with Crippen molar-refractivity contribution in [3.63, 3.8) is 0 Å². The zero-order valence-corrected chi connectivity index (χ0v) is 10.0. The number of carbonyl (C=O) groups is 1. The molecule has 0 spiro atoms. The van der Waals surface area contributed by atoms with Crippen LogP contribution in [0.1, 0.15) is 15.9 Å². The average Bonchev–Trinajstić information content (AvgIpc) is 2.38. The number of halogens is 3. The third-order valence-electron chi connectivity index (χ3n) is 2.69. The molecule has 2 aromatic rings. The molecule has 0 aliphatic rings. The summed E-state index contributed by atoms with van der Waals surface area (Å²) in [4.78, 5) is 11.8. The largest absolute Gasteiger partial charge is 0.322 e. The average molecular weight is 265 g/mol. The van der Waals surface area contributed by atoms with Gasteiger partial charge < -0.3 is 5.32 Å². The van der Waals surface area contributed by atoms with Gasteiger partial charge in [0.05, 0.1) is 5.56 Å². The van der Waals surface area contributed by atoms with E-state index in [0.717, 1.165) is 18.2 Å². The lowest BCUT2D eigenvalue weighted by molar-refractivity contribution is 0.102. The van der Waals surface area contributed by atoms with Crippen molar-refractivity contribution in [2.45, 2.75) is 6.92 Å². The number of carbonyl (C=O) groups excluding carboxylic acids is 1. The summed E-state index contributed by atoms with van der Waals surface area (Å²) in [6.07, 6.45) is 0. The molecular formula is C14H10F3NO. The molecule has 0 atom stereocenters. The lowest BCUT2D eigenvalue weighted by atomic mass is 10.1. The number of hydrogen-bond acceptors (Lipinski definition) is 1. The molecule has 0 aliphatic heterocycles. The predicted molar refractivity (Wildman–Crippen MR) is 65.4 cm³/mol. The van der Waals surface area contributed by atoms with Crippen molar-refractivity contribution in [3.05, 3.63) is 65.0 Å². The lowest BCUT2D eigenvalue weighted by Gasteiger charge is -2.09. The number of anilines is 1. The molecule has 0 bridgehead atoms. The number of nitrogens with one attached hydrogen (secondary N) is 1. The van der Waals surface area contributed by atoms with E-state index in [2.05, 4.69) is 5.32 Å². The highest BCUT2D eigenvalue weighted by Crippen LogP contribution is 2.19. The molecule has 2 nitrogen and oxygen atoms in total. The molecule has 1 N–H and O–H groups in total. The molecule has 0 fully saturated rings. The van der Waals surface area contributed by atoms with Gasteiger partial charge in [-0.2, -0.15) is 0 Å². The van der Waals surface area contributed by atoms with Crippen LogP contribution in [0.3, 0.4) is 0 Å². The van der Waals surface area contributed by atoms with Gasteiger partial charge in [-0.05, 0) is 37.3 Å². The first kappa shape index (κ1) is 13.1. The van der Waals surface area contributed by atoms with Crippen molar-refractivity contribution in [2.75, 3.05) is 5.32 Å². The Kier molecular flexibility index (Phi) is 3.55. The zero-order chi connectivity index (χ0) is 14.0. The van der Waals surface area contributed by atoms with Gasteiger partial charge in [0.15, 0.2) is 0 Å². The Balaban J connectivity index is 2.31. The molecule has 1 amide bonds. The van der Waals surface area contributed by atoms with E-state index in [4.69, 9.17) is 0 Å². The summed E-state index contributed by atoms with van der Waals surface area (Å²) < 4.78 is 39.7. The van der Waals surface area contributed by atoms with E-state index in [-0.39, 0.29) is 11.3 Å². The summed E-state index contributed by atoms with van der Waals surface area (Å²) in [6.45, 7) is 1.48. The zero-order valence-electron chi connectivity index (χ0n) is 10.0. The summed E-state index contributed by atoms with van der Waals surface area (Å²) in [5.74, 6) is -2.88. The smallest absolute Gasteiger partial charge is 0.258 e. The maximum Gasteiger partial charge on any atom is 0.258 e. The first-order chi connectivity index (χ1) is 8.99. The van der Waals surface area contributed by atoms with Gasteiger partial charge in [-0.25, -0.2) is 13.2 Å². The first-order valence-corrected chi connectivity index (χ1v) is 5.50. The van der Waals surface area contributed by atoms with Crippen LogP contribution in [0.2, 0.25) is 0 Å². The minimum absolute atomic E-state index is 0.216. The van der Waals surface area contributed by atoms with E-state index in [1.165, 1.54) is 25.1 Å². The Morgan fingerprint density at radius 2 is 1.79 bits per heavy atom. The molecule has 19 heavy (non-hydrogen) atoms. The maximum absolute atomic E-state index is 13.4. The molecule has 0 aromatic heterocycles. The number of hydrogen-bond donors (Lipinski definition) is 1. The third-order valence-corrected chi connectivity index (χ3v) is 2.69. The Hall–Kier alpha value is -2.30. The summed E-state index contributed by atoms with van der Waals surface area (Å²) in [6, 6.07) is 6.71. The maximum atomic E-state index is 13.4. The minimum atomic E-state index is -0.840. The summed E-state index contributed by atoms with van der Waals surface area (Å²) >= 11 is 0. The highest BCUT2D eigenvalue weighted by atomic mass is 19.1. The van der Waals surface area contributed by atoms with Gasteiger partial charge >= 0.3 is 0 Å². The molecule has 0 aliphatic carbocycles. The van der Waals surface area contributed by atoms with E-state index in [1.807, 2.05) is 0 Å². The first-order valence-electron chi connectivity index (χ1n) is 5.50. The Morgan fingerprint density at radius 3 is 2.53 bits per heavy atom. The standard InChI is InChI=1S/C14H10F3NO/c1-8-11(16)3-2-4-13(8)18-14(19)10-7-9(15)5-6-12(10)17/h2-7H,1H3,(H,18,19). The Labute approximate surface area is 107 Å². The normalized spacial score (nSPS) is 10.3. The molecular weight excluding hydrogens is 255 g/mol. The van der Waals surface area contributed by atoms with Crippen LogP contribution in [0.25, 0.3) is 0 Å². The SMILES string of the molecule is Cc1c(F)cccc1NC(=O)c1cc(F)ccc1F.